The summed E-state index contributed by atoms with van der Waals surface area (Å²) in [5.74, 6) is -1.56. The Morgan fingerprint density at radius 2 is 1.58 bits per heavy atom. The maximum absolute atomic E-state index is 13.4. The van der Waals surface area contributed by atoms with Gasteiger partial charge in [0.05, 0.1) is 15.7 Å². The predicted octanol–water partition coefficient (Wildman–Crippen LogP) is 6.82. The second-order valence-corrected chi connectivity index (χ2v) is 9.73. The fourth-order valence-corrected chi connectivity index (χ4v) is 5.13. The minimum atomic E-state index is -0.889. The van der Waals surface area contributed by atoms with Gasteiger partial charge in [0.15, 0.2) is 0 Å². The SMILES string of the molecule is O=C1NC(=O)N(c2cccc(Cl)c2Cl)C(=O)/C1=C/c1cn(Cc2ccc3ccccc3c2)c2ccccc12. The van der Waals surface area contributed by atoms with Crippen LogP contribution in [-0.2, 0) is 16.1 Å². The van der Waals surface area contributed by atoms with E-state index in [0.29, 0.717) is 12.1 Å². The Hall–Kier alpha value is -4.39. The van der Waals surface area contributed by atoms with E-state index in [1.54, 1.807) is 12.1 Å². The van der Waals surface area contributed by atoms with Crippen molar-refractivity contribution in [3.05, 3.63) is 118 Å². The molecule has 0 radical (unpaired) electrons. The number of amides is 4. The van der Waals surface area contributed by atoms with E-state index < -0.39 is 17.8 Å². The summed E-state index contributed by atoms with van der Waals surface area (Å²) in [6.07, 6.45) is 3.41. The van der Waals surface area contributed by atoms with Crippen molar-refractivity contribution in [2.75, 3.05) is 4.90 Å². The standard InChI is InChI=1S/C30H19Cl2N3O3/c31-24-9-5-11-26(27(24)32)35-29(37)23(28(36)33-30(35)38)15-21-17-34(25-10-4-3-8-22(21)25)16-18-12-13-19-6-1-2-7-20(19)14-18/h1-15,17H,16H2,(H,33,36,38)/b23-15+. The summed E-state index contributed by atoms with van der Waals surface area (Å²) in [7, 11) is 0. The zero-order chi connectivity index (χ0) is 26.4. The zero-order valence-corrected chi connectivity index (χ0v) is 21.3. The average Bonchev–Trinajstić information content (AvgIpc) is 3.25. The first-order valence-corrected chi connectivity index (χ1v) is 12.6. The third-order valence-corrected chi connectivity index (χ3v) is 7.37. The molecule has 8 heteroatoms. The van der Waals surface area contributed by atoms with E-state index in [-0.39, 0.29) is 21.3 Å². The van der Waals surface area contributed by atoms with E-state index in [4.69, 9.17) is 23.2 Å². The number of hydrogen-bond acceptors (Lipinski definition) is 3. The molecule has 5 aromatic rings. The largest absolute Gasteiger partial charge is 0.342 e. The highest BCUT2D eigenvalue weighted by Crippen LogP contribution is 2.35. The second kappa shape index (κ2) is 9.49. The van der Waals surface area contributed by atoms with Crippen LogP contribution < -0.4 is 10.2 Å². The number of halogens is 2. The number of imide groups is 2. The van der Waals surface area contributed by atoms with E-state index >= 15 is 0 Å². The average molecular weight is 540 g/mol. The van der Waals surface area contributed by atoms with Crippen molar-refractivity contribution in [3.63, 3.8) is 0 Å². The Balaban J connectivity index is 1.41. The van der Waals surface area contributed by atoms with Crippen molar-refractivity contribution in [1.29, 1.82) is 0 Å². The highest BCUT2D eigenvalue weighted by Gasteiger charge is 2.38. The maximum atomic E-state index is 13.4. The molecular formula is C30H19Cl2N3O3. The van der Waals surface area contributed by atoms with E-state index in [0.717, 1.165) is 26.8 Å². The lowest BCUT2D eigenvalue weighted by atomic mass is 10.1. The van der Waals surface area contributed by atoms with E-state index in [1.807, 2.05) is 42.6 Å². The fraction of sp³-hybridized carbons (Fsp3) is 0.0333. The minimum absolute atomic E-state index is 0.0401. The van der Waals surface area contributed by atoms with Crippen LogP contribution in [0.1, 0.15) is 11.1 Å². The molecule has 1 fully saturated rings. The molecule has 1 N–H and O–H groups in total. The van der Waals surface area contributed by atoms with Gasteiger partial charge in [0.2, 0.25) is 0 Å². The van der Waals surface area contributed by atoms with Gasteiger partial charge in [0.1, 0.15) is 5.57 Å². The van der Waals surface area contributed by atoms with Crippen LogP contribution >= 0.6 is 23.2 Å². The number of para-hydroxylation sites is 1. The molecule has 6 rings (SSSR count). The molecule has 1 aromatic heterocycles. The van der Waals surface area contributed by atoms with Gasteiger partial charge in [-0.3, -0.25) is 14.9 Å². The number of nitrogens with one attached hydrogen (secondary N) is 1. The first-order chi connectivity index (χ1) is 18.4. The molecule has 186 valence electrons. The van der Waals surface area contributed by atoms with Crippen LogP contribution in [0.4, 0.5) is 10.5 Å². The minimum Gasteiger partial charge on any atom is -0.342 e. The quantitative estimate of drug-likeness (QED) is 0.201. The first kappa shape index (κ1) is 24.0. The molecule has 0 spiro atoms. The molecule has 0 saturated carbocycles. The van der Waals surface area contributed by atoms with Gasteiger partial charge in [-0.2, -0.15) is 0 Å². The zero-order valence-electron chi connectivity index (χ0n) is 19.8. The molecule has 6 nitrogen and oxygen atoms in total. The lowest BCUT2D eigenvalue weighted by Gasteiger charge is -2.27. The van der Waals surface area contributed by atoms with Crippen LogP contribution in [0.2, 0.25) is 10.0 Å². The van der Waals surface area contributed by atoms with Crippen molar-refractivity contribution >= 4 is 74.5 Å². The fourth-order valence-electron chi connectivity index (χ4n) is 4.75. The van der Waals surface area contributed by atoms with Crippen molar-refractivity contribution in [1.82, 2.24) is 9.88 Å². The number of nitrogens with zero attached hydrogens (tertiary/aromatic N) is 2. The molecule has 1 saturated heterocycles. The summed E-state index contributed by atoms with van der Waals surface area (Å²) >= 11 is 12.4. The number of hydrogen-bond donors (Lipinski definition) is 1. The highest BCUT2D eigenvalue weighted by atomic mass is 35.5. The number of carbonyl (C=O) groups is 3. The Morgan fingerprint density at radius 1 is 0.816 bits per heavy atom. The van der Waals surface area contributed by atoms with Crippen molar-refractivity contribution in [2.45, 2.75) is 6.54 Å². The summed E-state index contributed by atoms with van der Waals surface area (Å²) in [5, 5.41) is 5.65. The van der Waals surface area contributed by atoms with Crippen LogP contribution in [0.3, 0.4) is 0 Å². The number of urea groups is 1. The van der Waals surface area contributed by atoms with E-state index in [1.165, 1.54) is 17.5 Å². The molecule has 2 heterocycles. The highest BCUT2D eigenvalue weighted by molar-refractivity contribution is 6.46. The molecule has 4 amide bonds. The number of barbiturate groups is 1. The van der Waals surface area contributed by atoms with Crippen molar-refractivity contribution in [2.24, 2.45) is 0 Å². The molecule has 0 atom stereocenters. The third kappa shape index (κ3) is 4.14. The molecule has 38 heavy (non-hydrogen) atoms. The molecule has 1 aliphatic heterocycles. The Bertz CT molecular complexity index is 1820. The Morgan fingerprint density at radius 3 is 2.42 bits per heavy atom. The number of aromatic nitrogens is 1. The van der Waals surface area contributed by atoms with E-state index in [2.05, 4.69) is 40.2 Å². The summed E-state index contributed by atoms with van der Waals surface area (Å²) in [6, 6.07) is 26.0. The number of carbonyl (C=O) groups excluding carboxylic acids is 3. The first-order valence-electron chi connectivity index (χ1n) is 11.8. The van der Waals surface area contributed by atoms with Gasteiger partial charge in [0.25, 0.3) is 11.8 Å². The van der Waals surface area contributed by atoms with Gasteiger partial charge in [0, 0.05) is 29.2 Å². The molecule has 1 aliphatic rings. The maximum Gasteiger partial charge on any atom is 0.336 e. The smallest absolute Gasteiger partial charge is 0.336 e. The third-order valence-electron chi connectivity index (χ3n) is 6.56. The summed E-state index contributed by atoms with van der Waals surface area (Å²) in [4.78, 5) is 39.7. The van der Waals surface area contributed by atoms with Crippen LogP contribution in [0.5, 0.6) is 0 Å². The topological polar surface area (TPSA) is 71.4 Å². The number of fused-ring (bicyclic) bond motifs is 2. The van der Waals surface area contributed by atoms with Crippen LogP contribution in [0.25, 0.3) is 27.8 Å². The predicted molar refractivity (Wildman–Crippen MR) is 150 cm³/mol. The molecular weight excluding hydrogens is 521 g/mol. The normalized spacial score (nSPS) is 15.1. The number of rotatable bonds is 4. The van der Waals surface area contributed by atoms with Gasteiger partial charge < -0.3 is 4.57 Å². The van der Waals surface area contributed by atoms with Crippen LogP contribution in [-0.4, -0.2) is 22.4 Å². The Kier molecular flexibility index (Phi) is 5.98. The number of anilines is 1. The molecule has 0 aliphatic carbocycles. The van der Waals surface area contributed by atoms with E-state index in [9.17, 15) is 14.4 Å². The lowest BCUT2D eigenvalue weighted by molar-refractivity contribution is -0.122. The van der Waals surface area contributed by atoms with Gasteiger partial charge in [-0.25, -0.2) is 9.69 Å². The summed E-state index contributed by atoms with van der Waals surface area (Å²) in [5.41, 5.74) is 2.64. The van der Waals surface area contributed by atoms with Crippen LogP contribution in [0, 0.1) is 0 Å². The number of benzene rings is 4. The summed E-state index contributed by atoms with van der Waals surface area (Å²) < 4.78 is 2.08. The van der Waals surface area contributed by atoms with Gasteiger partial charge in [-0.15, -0.1) is 0 Å². The molecule has 4 aromatic carbocycles. The van der Waals surface area contributed by atoms with Gasteiger partial charge in [-0.1, -0.05) is 83.9 Å². The summed E-state index contributed by atoms with van der Waals surface area (Å²) in [6.45, 7) is 0.595. The second-order valence-electron chi connectivity index (χ2n) is 8.94. The van der Waals surface area contributed by atoms with Gasteiger partial charge >= 0.3 is 6.03 Å². The lowest BCUT2D eigenvalue weighted by Crippen LogP contribution is -2.54. The molecule has 0 bridgehead atoms. The Labute approximate surface area is 227 Å². The van der Waals surface area contributed by atoms with Crippen LogP contribution in [0.15, 0.2) is 96.7 Å². The van der Waals surface area contributed by atoms with Crippen molar-refractivity contribution < 1.29 is 14.4 Å². The molecule has 0 unspecified atom stereocenters. The van der Waals surface area contributed by atoms with Gasteiger partial charge in [-0.05, 0) is 46.7 Å². The van der Waals surface area contributed by atoms with Crippen molar-refractivity contribution in [3.8, 4) is 0 Å². The monoisotopic (exact) mass is 539 g/mol.